The molecule has 2 aromatic rings. The molecule has 5 heteroatoms. The summed E-state index contributed by atoms with van der Waals surface area (Å²) in [5.41, 5.74) is 6.36. The standard InChI is InChI=1S/C15H14F2N2O/c1-2-19(12-5-3-4-10(16)8-12)15(20)13-9-11(17)6-7-14(13)18/h3-9H,2,18H2,1H3. The number of nitrogens with zero attached hydrogens (tertiary/aromatic N) is 1. The van der Waals surface area contributed by atoms with Crippen LogP contribution in [0.1, 0.15) is 17.3 Å². The molecule has 104 valence electrons. The predicted molar refractivity (Wildman–Crippen MR) is 74.6 cm³/mol. The summed E-state index contributed by atoms with van der Waals surface area (Å²) in [7, 11) is 0. The summed E-state index contributed by atoms with van der Waals surface area (Å²) in [5.74, 6) is -1.45. The second-order valence-corrected chi connectivity index (χ2v) is 4.26. The molecule has 0 bridgehead atoms. The molecule has 2 rings (SSSR count). The van der Waals surface area contributed by atoms with Crippen molar-refractivity contribution >= 4 is 17.3 Å². The third kappa shape index (κ3) is 2.77. The van der Waals surface area contributed by atoms with E-state index >= 15 is 0 Å². The monoisotopic (exact) mass is 276 g/mol. The van der Waals surface area contributed by atoms with Crippen LogP contribution < -0.4 is 10.6 Å². The van der Waals surface area contributed by atoms with Crippen molar-refractivity contribution < 1.29 is 13.6 Å². The van der Waals surface area contributed by atoms with Crippen molar-refractivity contribution in [2.24, 2.45) is 0 Å². The van der Waals surface area contributed by atoms with Crippen LogP contribution in [0.25, 0.3) is 0 Å². The SMILES string of the molecule is CCN(C(=O)c1cc(F)ccc1N)c1cccc(F)c1. The molecule has 0 aliphatic heterocycles. The number of amides is 1. The topological polar surface area (TPSA) is 46.3 Å². The number of nitrogens with two attached hydrogens (primary N) is 1. The number of rotatable bonds is 3. The average Bonchev–Trinajstić information content (AvgIpc) is 2.42. The van der Waals surface area contributed by atoms with Gasteiger partial charge in [0.2, 0.25) is 0 Å². The van der Waals surface area contributed by atoms with Gasteiger partial charge in [-0.3, -0.25) is 4.79 Å². The maximum absolute atomic E-state index is 13.3. The first-order chi connectivity index (χ1) is 9.52. The lowest BCUT2D eigenvalue weighted by atomic mass is 10.1. The van der Waals surface area contributed by atoms with Gasteiger partial charge < -0.3 is 10.6 Å². The first kappa shape index (κ1) is 14.0. The molecule has 2 aromatic carbocycles. The van der Waals surface area contributed by atoms with E-state index in [9.17, 15) is 13.6 Å². The molecular weight excluding hydrogens is 262 g/mol. The predicted octanol–water partition coefficient (Wildman–Crippen LogP) is 3.21. The summed E-state index contributed by atoms with van der Waals surface area (Å²) in [6.07, 6.45) is 0. The van der Waals surface area contributed by atoms with Gasteiger partial charge in [0.25, 0.3) is 5.91 Å². The van der Waals surface area contributed by atoms with Gasteiger partial charge in [-0.25, -0.2) is 8.78 Å². The number of anilines is 2. The van der Waals surface area contributed by atoms with Crippen molar-refractivity contribution in [1.82, 2.24) is 0 Å². The molecule has 0 atom stereocenters. The second kappa shape index (κ2) is 5.69. The van der Waals surface area contributed by atoms with Crippen LogP contribution in [0.5, 0.6) is 0 Å². The molecule has 2 N–H and O–H groups in total. The quantitative estimate of drug-likeness (QED) is 0.875. The number of benzene rings is 2. The number of carbonyl (C=O) groups excluding carboxylic acids is 1. The summed E-state index contributed by atoms with van der Waals surface area (Å²) < 4.78 is 26.5. The molecule has 0 heterocycles. The van der Waals surface area contributed by atoms with E-state index in [1.165, 1.54) is 35.2 Å². The molecule has 20 heavy (non-hydrogen) atoms. The average molecular weight is 276 g/mol. The Kier molecular flexibility index (Phi) is 3.98. The Morgan fingerprint density at radius 2 is 1.85 bits per heavy atom. The number of carbonyl (C=O) groups is 1. The Labute approximate surface area is 115 Å². The highest BCUT2D eigenvalue weighted by Gasteiger charge is 2.19. The highest BCUT2D eigenvalue weighted by molar-refractivity contribution is 6.09. The molecule has 0 aliphatic rings. The number of hydrogen-bond donors (Lipinski definition) is 1. The lowest BCUT2D eigenvalue weighted by Gasteiger charge is -2.22. The highest BCUT2D eigenvalue weighted by atomic mass is 19.1. The first-order valence-electron chi connectivity index (χ1n) is 6.15. The van der Waals surface area contributed by atoms with Crippen LogP contribution in [0.15, 0.2) is 42.5 Å². The van der Waals surface area contributed by atoms with E-state index in [-0.39, 0.29) is 11.3 Å². The van der Waals surface area contributed by atoms with Crippen LogP contribution in [0.2, 0.25) is 0 Å². The number of hydrogen-bond acceptors (Lipinski definition) is 2. The van der Waals surface area contributed by atoms with E-state index in [1.54, 1.807) is 13.0 Å². The molecule has 0 fully saturated rings. The highest BCUT2D eigenvalue weighted by Crippen LogP contribution is 2.21. The smallest absolute Gasteiger partial charge is 0.260 e. The Hall–Kier alpha value is -2.43. The van der Waals surface area contributed by atoms with Crippen LogP contribution in [0.4, 0.5) is 20.2 Å². The van der Waals surface area contributed by atoms with Gasteiger partial charge in [0, 0.05) is 17.9 Å². The molecule has 0 spiro atoms. The van der Waals surface area contributed by atoms with Gasteiger partial charge in [-0.05, 0) is 43.3 Å². The molecule has 3 nitrogen and oxygen atoms in total. The number of nitrogen functional groups attached to an aromatic ring is 1. The van der Waals surface area contributed by atoms with Gasteiger partial charge in [-0.2, -0.15) is 0 Å². The van der Waals surface area contributed by atoms with E-state index in [4.69, 9.17) is 5.73 Å². The fourth-order valence-electron chi connectivity index (χ4n) is 1.95. The van der Waals surface area contributed by atoms with Gasteiger partial charge in [-0.1, -0.05) is 6.07 Å². The minimum Gasteiger partial charge on any atom is -0.398 e. The van der Waals surface area contributed by atoms with E-state index in [0.717, 1.165) is 6.07 Å². The molecule has 0 unspecified atom stereocenters. The normalized spacial score (nSPS) is 10.3. The third-order valence-corrected chi connectivity index (χ3v) is 2.93. The zero-order chi connectivity index (χ0) is 14.7. The maximum Gasteiger partial charge on any atom is 0.260 e. The molecule has 0 saturated carbocycles. The summed E-state index contributed by atoms with van der Waals surface area (Å²) in [4.78, 5) is 13.8. The van der Waals surface area contributed by atoms with Crippen molar-refractivity contribution in [3.63, 3.8) is 0 Å². The number of halogens is 2. The first-order valence-corrected chi connectivity index (χ1v) is 6.15. The molecule has 0 saturated heterocycles. The lowest BCUT2D eigenvalue weighted by molar-refractivity contribution is 0.0988. The van der Waals surface area contributed by atoms with Crippen molar-refractivity contribution in [1.29, 1.82) is 0 Å². The van der Waals surface area contributed by atoms with Gasteiger partial charge >= 0.3 is 0 Å². The summed E-state index contributed by atoms with van der Waals surface area (Å²) in [6.45, 7) is 2.07. The second-order valence-electron chi connectivity index (χ2n) is 4.26. The Morgan fingerprint density at radius 3 is 2.50 bits per heavy atom. The minimum absolute atomic E-state index is 0.0658. The maximum atomic E-state index is 13.3. The van der Waals surface area contributed by atoms with Crippen molar-refractivity contribution in [3.8, 4) is 0 Å². The molecule has 1 amide bonds. The Bertz CT molecular complexity index is 644. The van der Waals surface area contributed by atoms with E-state index < -0.39 is 17.5 Å². The summed E-state index contributed by atoms with van der Waals surface area (Å²) >= 11 is 0. The third-order valence-electron chi connectivity index (χ3n) is 2.93. The summed E-state index contributed by atoms with van der Waals surface area (Å²) in [5, 5.41) is 0. The van der Waals surface area contributed by atoms with Crippen LogP contribution in [0.3, 0.4) is 0 Å². The fourth-order valence-corrected chi connectivity index (χ4v) is 1.95. The Balaban J connectivity index is 2.41. The molecule has 0 aromatic heterocycles. The van der Waals surface area contributed by atoms with Crippen molar-refractivity contribution in [2.45, 2.75) is 6.92 Å². The van der Waals surface area contributed by atoms with Crippen LogP contribution in [-0.4, -0.2) is 12.5 Å². The van der Waals surface area contributed by atoms with Crippen LogP contribution in [0, 0.1) is 11.6 Å². The molecule has 0 radical (unpaired) electrons. The van der Waals surface area contributed by atoms with E-state index in [0.29, 0.717) is 12.2 Å². The van der Waals surface area contributed by atoms with Crippen molar-refractivity contribution in [2.75, 3.05) is 17.2 Å². The zero-order valence-corrected chi connectivity index (χ0v) is 10.9. The van der Waals surface area contributed by atoms with E-state index in [2.05, 4.69) is 0 Å². The minimum atomic E-state index is -0.544. The fraction of sp³-hybridized carbons (Fsp3) is 0.133. The van der Waals surface area contributed by atoms with Crippen molar-refractivity contribution in [3.05, 3.63) is 59.7 Å². The van der Waals surface area contributed by atoms with Gasteiger partial charge in [0.15, 0.2) is 0 Å². The van der Waals surface area contributed by atoms with E-state index in [1.807, 2.05) is 0 Å². The largest absolute Gasteiger partial charge is 0.398 e. The van der Waals surface area contributed by atoms with Gasteiger partial charge in [-0.15, -0.1) is 0 Å². The molecule has 0 aliphatic carbocycles. The van der Waals surface area contributed by atoms with Crippen LogP contribution >= 0.6 is 0 Å². The lowest BCUT2D eigenvalue weighted by Crippen LogP contribution is -2.31. The Morgan fingerprint density at radius 1 is 1.15 bits per heavy atom. The molecular formula is C15H14F2N2O. The zero-order valence-electron chi connectivity index (χ0n) is 10.9. The summed E-state index contributed by atoms with van der Waals surface area (Å²) in [6, 6.07) is 9.26. The van der Waals surface area contributed by atoms with Gasteiger partial charge in [0.1, 0.15) is 11.6 Å². The van der Waals surface area contributed by atoms with Gasteiger partial charge in [0.05, 0.1) is 5.56 Å². The van der Waals surface area contributed by atoms with Crippen LogP contribution in [-0.2, 0) is 0 Å².